The van der Waals surface area contributed by atoms with Crippen LogP contribution in [-0.2, 0) is 13.0 Å². The maximum Gasteiger partial charge on any atom is 0.281 e. The van der Waals surface area contributed by atoms with E-state index in [0.29, 0.717) is 11.3 Å². The number of nitro groups is 1. The van der Waals surface area contributed by atoms with E-state index in [9.17, 15) is 19.3 Å². The van der Waals surface area contributed by atoms with E-state index in [1.54, 1.807) is 12.1 Å². The van der Waals surface area contributed by atoms with Crippen molar-refractivity contribution in [1.29, 1.82) is 0 Å². The molecule has 9 heteroatoms. The van der Waals surface area contributed by atoms with Crippen molar-refractivity contribution >= 4 is 34.5 Å². The average Bonchev–Trinajstić information content (AvgIpc) is 3.05. The predicted octanol–water partition coefficient (Wildman–Crippen LogP) is 5.24. The highest BCUT2D eigenvalue weighted by Crippen LogP contribution is 2.27. The predicted molar refractivity (Wildman–Crippen MR) is 111 cm³/mol. The standard InChI is InChI=1S/C20H17ClFN3O3S/c1-3-17-18(12-5-7-13(22)8-6-12)24(4-2)20(29-17)23-19(26)15-10-9-14(25(27)28)11-16(15)21/h5-11H,3-4H2,1-2H3. The minimum absolute atomic E-state index is 0.0259. The van der Waals surface area contributed by atoms with Crippen molar-refractivity contribution in [3.63, 3.8) is 0 Å². The molecule has 0 saturated heterocycles. The van der Waals surface area contributed by atoms with Crippen LogP contribution in [0.15, 0.2) is 47.5 Å². The van der Waals surface area contributed by atoms with E-state index < -0.39 is 10.8 Å². The maximum absolute atomic E-state index is 13.3. The molecule has 0 bridgehead atoms. The Labute approximate surface area is 175 Å². The molecule has 0 aliphatic rings. The first kappa shape index (κ1) is 20.9. The number of carbonyl (C=O) groups is 1. The summed E-state index contributed by atoms with van der Waals surface area (Å²) in [6, 6.07) is 9.84. The van der Waals surface area contributed by atoms with Crippen LogP contribution in [0.3, 0.4) is 0 Å². The summed E-state index contributed by atoms with van der Waals surface area (Å²) in [6.45, 7) is 4.49. The molecular weight excluding hydrogens is 417 g/mol. The van der Waals surface area contributed by atoms with Gasteiger partial charge in [-0.1, -0.05) is 18.5 Å². The summed E-state index contributed by atoms with van der Waals surface area (Å²) < 4.78 is 15.2. The molecule has 150 valence electrons. The van der Waals surface area contributed by atoms with Gasteiger partial charge < -0.3 is 4.57 Å². The first-order chi connectivity index (χ1) is 13.8. The van der Waals surface area contributed by atoms with Crippen molar-refractivity contribution in [1.82, 2.24) is 4.57 Å². The molecule has 3 aromatic rings. The van der Waals surface area contributed by atoms with Crippen molar-refractivity contribution in [3.8, 4) is 11.3 Å². The Morgan fingerprint density at radius 1 is 1.24 bits per heavy atom. The number of hydrogen-bond donors (Lipinski definition) is 0. The third-order valence-electron chi connectivity index (χ3n) is 4.33. The zero-order valence-electron chi connectivity index (χ0n) is 15.7. The summed E-state index contributed by atoms with van der Waals surface area (Å²) in [6.07, 6.45) is 0.722. The number of nitrogens with zero attached hydrogens (tertiary/aromatic N) is 3. The average molecular weight is 434 g/mol. The van der Waals surface area contributed by atoms with Gasteiger partial charge in [-0.05, 0) is 49.2 Å². The summed E-state index contributed by atoms with van der Waals surface area (Å²) >= 11 is 7.44. The number of carbonyl (C=O) groups excluding carboxylic acids is 1. The fraction of sp³-hybridized carbons (Fsp3) is 0.200. The maximum atomic E-state index is 13.3. The third-order valence-corrected chi connectivity index (χ3v) is 5.86. The number of amides is 1. The highest BCUT2D eigenvalue weighted by atomic mass is 35.5. The molecular formula is C20H17ClFN3O3S. The van der Waals surface area contributed by atoms with Crippen LogP contribution in [0.25, 0.3) is 11.3 Å². The smallest absolute Gasteiger partial charge is 0.281 e. The second-order valence-electron chi connectivity index (χ2n) is 6.10. The van der Waals surface area contributed by atoms with Crippen molar-refractivity contribution in [2.24, 2.45) is 4.99 Å². The van der Waals surface area contributed by atoms with Crippen LogP contribution >= 0.6 is 22.9 Å². The molecule has 1 heterocycles. The topological polar surface area (TPSA) is 77.5 Å². The Kier molecular flexibility index (Phi) is 6.24. The number of rotatable bonds is 5. The molecule has 0 unspecified atom stereocenters. The normalized spacial score (nSPS) is 11.7. The number of thiazole rings is 1. The quantitative estimate of drug-likeness (QED) is 0.407. The zero-order valence-corrected chi connectivity index (χ0v) is 17.3. The van der Waals surface area contributed by atoms with Crippen molar-refractivity contribution < 1.29 is 14.1 Å². The second-order valence-corrected chi connectivity index (χ2v) is 7.57. The monoisotopic (exact) mass is 433 g/mol. The SMILES string of the molecule is CCc1sc(=NC(=O)c2ccc([N+](=O)[O-])cc2Cl)n(CC)c1-c1ccc(F)cc1. The van der Waals surface area contributed by atoms with Crippen LogP contribution in [0.4, 0.5) is 10.1 Å². The summed E-state index contributed by atoms with van der Waals surface area (Å²) in [5.74, 6) is -0.903. The highest BCUT2D eigenvalue weighted by molar-refractivity contribution is 7.09. The van der Waals surface area contributed by atoms with E-state index in [2.05, 4.69) is 4.99 Å². The van der Waals surface area contributed by atoms with Crippen molar-refractivity contribution in [3.05, 3.63) is 78.7 Å². The van der Waals surface area contributed by atoms with E-state index in [1.807, 2.05) is 18.4 Å². The van der Waals surface area contributed by atoms with Gasteiger partial charge in [0.25, 0.3) is 11.6 Å². The van der Waals surface area contributed by atoms with Crippen LogP contribution in [0.2, 0.25) is 5.02 Å². The number of aromatic nitrogens is 1. The van der Waals surface area contributed by atoms with Crippen LogP contribution in [0.5, 0.6) is 0 Å². The molecule has 1 aromatic heterocycles. The lowest BCUT2D eigenvalue weighted by molar-refractivity contribution is -0.384. The van der Waals surface area contributed by atoms with Crippen molar-refractivity contribution in [2.75, 3.05) is 0 Å². The Bertz CT molecular complexity index is 1150. The van der Waals surface area contributed by atoms with Crippen LogP contribution < -0.4 is 4.80 Å². The van der Waals surface area contributed by atoms with Gasteiger partial charge in [0, 0.05) is 23.6 Å². The van der Waals surface area contributed by atoms with Gasteiger partial charge in [0.05, 0.1) is 21.2 Å². The largest absolute Gasteiger partial charge is 0.316 e. The van der Waals surface area contributed by atoms with E-state index in [0.717, 1.165) is 28.6 Å². The molecule has 0 atom stereocenters. The summed E-state index contributed by atoms with van der Waals surface area (Å²) in [4.78, 5) is 28.7. The molecule has 0 aliphatic carbocycles. The molecule has 0 N–H and O–H groups in total. The number of non-ortho nitro benzene ring substituents is 1. The van der Waals surface area contributed by atoms with Gasteiger partial charge in [-0.25, -0.2) is 4.39 Å². The first-order valence-corrected chi connectivity index (χ1v) is 10.1. The van der Waals surface area contributed by atoms with E-state index >= 15 is 0 Å². The Morgan fingerprint density at radius 3 is 2.48 bits per heavy atom. The molecule has 0 spiro atoms. The molecule has 0 fully saturated rings. The van der Waals surface area contributed by atoms with E-state index in [1.165, 1.54) is 35.6 Å². The first-order valence-electron chi connectivity index (χ1n) is 8.87. The molecule has 6 nitrogen and oxygen atoms in total. The van der Waals surface area contributed by atoms with Gasteiger partial charge in [-0.2, -0.15) is 4.99 Å². The highest BCUT2D eigenvalue weighted by Gasteiger charge is 2.17. The van der Waals surface area contributed by atoms with E-state index in [-0.39, 0.29) is 22.1 Å². The van der Waals surface area contributed by atoms with Gasteiger partial charge in [-0.3, -0.25) is 14.9 Å². The number of halogens is 2. The van der Waals surface area contributed by atoms with Gasteiger partial charge >= 0.3 is 0 Å². The molecule has 29 heavy (non-hydrogen) atoms. The molecule has 0 saturated carbocycles. The van der Waals surface area contributed by atoms with Crippen LogP contribution in [0.1, 0.15) is 29.1 Å². The fourth-order valence-corrected chi connectivity index (χ4v) is 4.34. The lowest BCUT2D eigenvalue weighted by Gasteiger charge is -2.08. The van der Waals surface area contributed by atoms with Crippen LogP contribution in [-0.4, -0.2) is 15.4 Å². The van der Waals surface area contributed by atoms with Gasteiger partial charge in [-0.15, -0.1) is 11.3 Å². The minimum Gasteiger partial charge on any atom is -0.316 e. The number of benzene rings is 2. The van der Waals surface area contributed by atoms with Gasteiger partial charge in [0.2, 0.25) is 0 Å². The Hall–Kier alpha value is -2.84. The van der Waals surface area contributed by atoms with E-state index in [4.69, 9.17) is 11.6 Å². The Morgan fingerprint density at radius 2 is 1.93 bits per heavy atom. The zero-order chi connectivity index (χ0) is 21.1. The second kappa shape index (κ2) is 8.67. The van der Waals surface area contributed by atoms with Crippen molar-refractivity contribution in [2.45, 2.75) is 26.8 Å². The summed E-state index contributed by atoms with van der Waals surface area (Å²) in [5.41, 5.74) is 1.62. The van der Waals surface area contributed by atoms with Crippen LogP contribution in [0, 0.1) is 15.9 Å². The fourth-order valence-electron chi connectivity index (χ4n) is 2.94. The van der Waals surface area contributed by atoms with Gasteiger partial charge in [0.1, 0.15) is 5.82 Å². The molecule has 3 rings (SSSR count). The Balaban J connectivity index is 2.11. The molecule has 0 radical (unpaired) electrons. The summed E-state index contributed by atoms with van der Waals surface area (Å²) in [5, 5.41) is 10.8. The molecule has 1 amide bonds. The lowest BCUT2D eigenvalue weighted by Crippen LogP contribution is -2.17. The number of aryl methyl sites for hydroxylation is 1. The van der Waals surface area contributed by atoms with Gasteiger partial charge in [0.15, 0.2) is 4.80 Å². The number of nitro benzene ring substituents is 1. The lowest BCUT2D eigenvalue weighted by atomic mass is 10.1. The molecule has 2 aromatic carbocycles. The molecule has 0 aliphatic heterocycles. The summed E-state index contributed by atoms with van der Waals surface area (Å²) in [7, 11) is 0. The number of hydrogen-bond acceptors (Lipinski definition) is 4. The third kappa shape index (κ3) is 4.28. The minimum atomic E-state index is -0.582.